The fourth-order valence-electron chi connectivity index (χ4n) is 2.80. The molecule has 0 aromatic heterocycles. The molecule has 0 saturated heterocycles. The Morgan fingerprint density at radius 3 is 2.41 bits per heavy atom. The molecule has 2 nitrogen and oxygen atoms in total. The van der Waals surface area contributed by atoms with Crippen LogP contribution in [-0.4, -0.2) is 37.3 Å². The van der Waals surface area contributed by atoms with E-state index in [2.05, 4.69) is 0 Å². The van der Waals surface area contributed by atoms with Gasteiger partial charge in [-0.1, -0.05) is 13.3 Å². The molecule has 0 aliphatic heterocycles. The van der Waals surface area contributed by atoms with E-state index in [0.717, 1.165) is 25.7 Å². The number of nitrogens with zero attached hydrogens (tertiary/aromatic N) is 1. The van der Waals surface area contributed by atoms with E-state index in [9.17, 15) is 13.2 Å². The lowest BCUT2D eigenvalue weighted by atomic mass is 9.95. The highest BCUT2D eigenvalue weighted by Crippen LogP contribution is 2.32. The maximum atomic E-state index is 12.4. The van der Waals surface area contributed by atoms with Gasteiger partial charge in [-0.3, -0.25) is 4.90 Å². The van der Waals surface area contributed by atoms with E-state index in [1.165, 1.54) is 0 Å². The van der Waals surface area contributed by atoms with E-state index in [4.69, 9.17) is 5.73 Å². The van der Waals surface area contributed by atoms with Gasteiger partial charge in [-0.05, 0) is 44.2 Å². The molecule has 0 bridgehead atoms. The minimum Gasteiger partial charge on any atom is -0.330 e. The first-order chi connectivity index (χ1) is 7.96. The molecule has 1 aliphatic rings. The fraction of sp³-hybridized carbons (Fsp3) is 1.00. The number of nitrogens with two attached hydrogens (primary N) is 1. The Balaban J connectivity index is 2.47. The van der Waals surface area contributed by atoms with Crippen LogP contribution in [0.2, 0.25) is 0 Å². The van der Waals surface area contributed by atoms with Crippen molar-refractivity contribution in [1.82, 2.24) is 4.90 Å². The summed E-state index contributed by atoms with van der Waals surface area (Å²) in [6, 6.07) is 0. The van der Waals surface area contributed by atoms with Crippen molar-refractivity contribution in [2.45, 2.75) is 38.8 Å². The van der Waals surface area contributed by atoms with E-state index in [-0.39, 0.29) is 0 Å². The largest absolute Gasteiger partial charge is 0.401 e. The van der Waals surface area contributed by atoms with Gasteiger partial charge in [0.1, 0.15) is 0 Å². The first-order valence-electron chi connectivity index (χ1n) is 6.45. The van der Waals surface area contributed by atoms with Crippen molar-refractivity contribution >= 4 is 0 Å². The molecule has 0 heterocycles. The van der Waals surface area contributed by atoms with Gasteiger partial charge in [0, 0.05) is 6.54 Å². The van der Waals surface area contributed by atoms with Crippen LogP contribution in [0.4, 0.5) is 13.2 Å². The van der Waals surface area contributed by atoms with E-state index in [1.807, 2.05) is 6.92 Å². The average Bonchev–Trinajstić information content (AvgIpc) is 2.63. The Kier molecular flexibility index (Phi) is 5.73. The van der Waals surface area contributed by atoms with Crippen molar-refractivity contribution in [3.05, 3.63) is 0 Å². The van der Waals surface area contributed by atoms with Crippen molar-refractivity contribution < 1.29 is 13.2 Å². The standard InChI is InChI=1S/C12H23F3N2/c1-2-6-17(9-12(13,14)15)8-11-5-3-4-10(11)7-16/h10-11H,2-9,16H2,1H3. The van der Waals surface area contributed by atoms with E-state index in [1.54, 1.807) is 4.90 Å². The molecule has 102 valence electrons. The van der Waals surface area contributed by atoms with Crippen LogP contribution in [0.25, 0.3) is 0 Å². The van der Waals surface area contributed by atoms with Crippen LogP contribution in [0.3, 0.4) is 0 Å². The maximum Gasteiger partial charge on any atom is 0.401 e. The van der Waals surface area contributed by atoms with Crippen molar-refractivity contribution in [2.24, 2.45) is 17.6 Å². The summed E-state index contributed by atoms with van der Waals surface area (Å²) in [6.45, 7) is 2.81. The summed E-state index contributed by atoms with van der Waals surface area (Å²) in [6.07, 6.45) is -0.117. The molecule has 1 rings (SSSR count). The summed E-state index contributed by atoms with van der Waals surface area (Å²) >= 11 is 0. The van der Waals surface area contributed by atoms with Crippen LogP contribution in [0.5, 0.6) is 0 Å². The van der Waals surface area contributed by atoms with Gasteiger partial charge in [0.25, 0.3) is 0 Å². The molecule has 0 radical (unpaired) electrons. The molecular weight excluding hydrogens is 229 g/mol. The monoisotopic (exact) mass is 252 g/mol. The van der Waals surface area contributed by atoms with Crippen LogP contribution >= 0.6 is 0 Å². The van der Waals surface area contributed by atoms with Crippen LogP contribution < -0.4 is 5.73 Å². The highest BCUT2D eigenvalue weighted by atomic mass is 19.4. The predicted molar refractivity (Wildman–Crippen MR) is 62.7 cm³/mol. The van der Waals surface area contributed by atoms with Crippen molar-refractivity contribution in [3.8, 4) is 0 Å². The third kappa shape index (κ3) is 5.25. The van der Waals surface area contributed by atoms with Gasteiger partial charge in [-0.25, -0.2) is 0 Å². The number of alkyl halides is 3. The Labute approximate surface area is 101 Å². The zero-order chi connectivity index (χ0) is 12.9. The number of hydrogen-bond donors (Lipinski definition) is 1. The second-order valence-corrected chi connectivity index (χ2v) is 5.04. The topological polar surface area (TPSA) is 29.3 Å². The van der Waals surface area contributed by atoms with Crippen molar-refractivity contribution in [2.75, 3.05) is 26.2 Å². The van der Waals surface area contributed by atoms with Crippen molar-refractivity contribution in [1.29, 1.82) is 0 Å². The van der Waals surface area contributed by atoms with Crippen LogP contribution in [0, 0.1) is 11.8 Å². The van der Waals surface area contributed by atoms with Gasteiger partial charge in [0.15, 0.2) is 0 Å². The van der Waals surface area contributed by atoms with Gasteiger partial charge in [-0.2, -0.15) is 13.2 Å². The molecule has 1 fully saturated rings. The second-order valence-electron chi connectivity index (χ2n) is 5.04. The maximum absolute atomic E-state index is 12.4. The lowest BCUT2D eigenvalue weighted by molar-refractivity contribution is -0.147. The zero-order valence-corrected chi connectivity index (χ0v) is 10.5. The van der Waals surface area contributed by atoms with Gasteiger partial charge in [0.2, 0.25) is 0 Å². The molecule has 0 aromatic rings. The molecule has 2 unspecified atom stereocenters. The molecule has 2 N–H and O–H groups in total. The minimum absolute atomic E-state index is 0.355. The highest BCUT2D eigenvalue weighted by Gasteiger charge is 2.33. The number of halogens is 3. The molecular formula is C12H23F3N2. The van der Waals surface area contributed by atoms with Gasteiger partial charge in [-0.15, -0.1) is 0 Å². The fourth-order valence-corrected chi connectivity index (χ4v) is 2.80. The van der Waals surface area contributed by atoms with Crippen LogP contribution in [0.1, 0.15) is 32.6 Å². The summed E-state index contributed by atoms with van der Waals surface area (Å²) < 4.78 is 37.2. The predicted octanol–water partition coefficient (Wildman–Crippen LogP) is 2.64. The first-order valence-corrected chi connectivity index (χ1v) is 6.45. The number of rotatable bonds is 6. The molecule has 0 aromatic carbocycles. The Hall–Kier alpha value is -0.290. The summed E-state index contributed by atoms with van der Waals surface area (Å²) in [5.41, 5.74) is 5.66. The Bertz CT molecular complexity index is 218. The highest BCUT2D eigenvalue weighted by molar-refractivity contribution is 4.81. The lowest BCUT2D eigenvalue weighted by Crippen LogP contribution is -2.39. The lowest BCUT2D eigenvalue weighted by Gasteiger charge is -2.28. The van der Waals surface area contributed by atoms with Gasteiger partial charge >= 0.3 is 6.18 Å². The third-order valence-electron chi connectivity index (χ3n) is 3.55. The molecule has 5 heteroatoms. The Morgan fingerprint density at radius 1 is 1.24 bits per heavy atom. The van der Waals surface area contributed by atoms with Crippen LogP contribution in [0.15, 0.2) is 0 Å². The van der Waals surface area contributed by atoms with Gasteiger partial charge < -0.3 is 5.73 Å². The first kappa shape index (κ1) is 14.8. The molecule has 0 spiro atoms. The number of hydrogen-bond acceptors (Lipinski definition) is 2. The second kappa shape index (κ2) is 6.59. The van der Waals surface area contributed by atoms with E-state index >= 15 is 0 Å². The summed E-state index contributed by atoms with van der Waals surface area (Å²) in [5.74, 6) is 0.775. The quantitative estimate of drug-likeness (QED) is 0.787. The van der Waals surface area contributed by atoms with Crippen LogP contribution in [-0.2, 0) is 0 Å². The van der Waals surface area contributed by atoms with Crippen molar-refractivity contribution in [3.63, 3.8) is 0 Å². The molecule has 0 amide bonds. The minimum atomic E-state index is -4.09. The molecule has 2 atom stereocenters. The normalized spacial score (nSPS) is 25.8. The molecule has 1 aliphatic carbocycles. The average molecular weight is 252 g/mol. The summed E-state index contributed by atoms with van der Waals surface area (Å²) in [7, 11) is 0. The third-order valence-corrected chi connectivity index (χ3v) is 3.55. The van der Waals surface area contributed by atoms with Gasteiger partial charge in [0.05, 0.1) is 6.54 Å². The SMILES string of the molecule is CCCN(CC1CCCC1CN)CC(F)(F)F. The summed E-state index contributed by atoms with van der Waals surface area (Å²) in [5, 5.41) is 0. The smallest absolute Gasteiger partial charge is 0.330 e. The molecule has 17 heavy (non-hydrogen) atoms. The Morgan fingerprint density at radius 2 is 1.88 bits per heavy atom. The molecule has 1 saturated carbocycles. The van der Waals surface area contributed by atoms with E-state index in [0.29, 0.717) is 31.5 Å². The summed E-state index contributed by atoms with van der Waals surface area (Å²) in [4.78, 5) is 1.54. The zero-order valence-electron chi connectivity index (χ0n) is 10.5. The van der Waals surface area contributed by atoms with E-state index < -0.39 is 12.7 Å².